The number of piperidine rings is 1. The number of amides is 2. The first-order valence-electron chi connectivity index (χ1n) is 5.81. The molecule has 14 heavy (non-hydrogen) atoms. The van der Waals surface area contributed by atoms with Gasteiger partial charge in [-0.25, -0.2) is 10.1 Å². The fraction of sp³-hybridized carbons (Fsp3) is 0.909. The quantitative estimate of drug-likeness (QED) is 0.637. The van der Waals surface area contributed by atoms with E-state index in [0.29, 0.717) is 6.54 Å². The van der Waals surface area contributed by atoms with Crippen molar-refractivity contribution >= 4 is 6.03 Å². The molecule has 1 rings (SSSR count). The van der Waals surface area contributed by atoms with Gasteiger partial charge in [-0.1, -0.05) is 19.8 Å². The largest absolute Gasteiger partial charge is 0.338 e. The number of unbranched alkanes of at least 4 members (excludes halogenated alkanes) is 2. The van der Waals surface area contributed by atoms with Gasteiger partial charge in [0.1, 0.15) is 0 Å². The van der Waals surface area contributed by atoms with Crippen LogP contribution in [0.2, 0.25) is 0 Å². The number of nitrogens with zero attached hydrogens (tertiary/aromatic N) is 2. The summed E-state index contributed by atoms with van der Waals surface area (Å²) in [5.41, 5.74) is 0. The van der Waals surface area contributed by atoms with Crippen LogP contribution in [0.25, 0.3) is 0 Å². The molecule has 1 radical (unpaired) electrons. The number of urea groups is 1. The molecule has 1 aliphatic heterocycles. The fourth-order valence-electron chi connectivity index (χ4n) is 1.72. The minimum atomic E-state index is 0.0146. The van der Waals surface area contributed by atoms with Crippen molar-refractivity contribution in [2.75, 3.05) is 19.6 Å². The van der Waals surface area contributed by atoms with Gasteiger partial charge in [0.25, 0.3) is 0 Å². The number of rotatable bonds is 4. The minimum Gasteiger partial charge on any atom is -0.323 e. The van der Waals surface area contributed by atoms with Gasteiger partial charge in [0.15, 0.2) is 0 Å². The first-order valence-corrected chi connectivity index (χ1v) is 5.81. The SMILES string of the molecule is CCCCC[N]C(=O)N1CCCCC1. The van der Waals surface area contributed by atoms with Crippen LogP contribution in [0.15, 0.2) is 0 Å². The van der Waals surface area contributed by atoms with Crippen molar-refractivity contribution in [3.63, 3.8) is 0 Å². The smallest absolute Gasteiger partial charge is 0.323 e. The zero-order valence-corrected chi connectivity index (χ0v) is 9.17. The first kappa shape index (κ1) is 11.3. The first-order chi connectivity index (χ1) is 6.84. The molecule has 0 aromatic rings. The van der Waals surface area contributed by atoms with Gasteiger partial charge in [0, 0.05) is 19.6 Å². The Bertz CT molecular complexity index is 165. The molecule has 0 atom stereocenters. The van der Waals surface area contributed by atoms with Gasteiger partial charge in [-0.15, -0.1) is 0 Å². The Morgan fingerprint density at radius 2 is 1.93 bits per heavy atom. The third kappa shape index (κ3) is 3.99. The molecule has 1 saturated heterocycles. The van der Waals surface area contributed by atoms with Crippen LogP contribution in [-0.2, 0) is 0 Å². The summed E-state index contributed by atoms with van der Waals surface area (Å²) in [5, 5.41) is 4.07. The van der Waals surface area contributed by atoms with Gasteiger partial charge in [0.05, 0.1) is 0 Å². The van der Waals surface area contributed by atoms with E-state index in [1.165, 1.54) is 19.3 Å². The molecule has 0 aromatic heterocycles. The van der Waals surface area contributed by atoms with Crippen molar-refractivity contribution in [1.82, 2.24) is 10.2 Å². The van der Waals surface area contributed by atoms with E-state index >= 15 is 0 Å². The van der Waals surface area contributed by atoms with E-state index in [1.54, 1.807) is 0 Å². The Balaban J connectivity index is 2.07. The Morgan fingerprint density at radius 3 is 2.57 bits per heavy atom. The molecule has 0 spiro atoms. The molecule has 3 nitrogen and oxygen atoms in total. The molecule has 0 N–H and O–H groups in total. The van der Waals surface area contributed by atoms with E-state index in [2.05, 4.69) is 12.2 Å². The van der Waals surface area contributed by atoms with Gasteiger partial charge in [-0.2, -0.15) is 0 Å². The highest BCUT2D eigenvalue weighted by atomic mass is 16.2. The molecule has 81 valence electrons. The summed E-state index contributed by atoms with van der Waals surface area (Å²) in [4.78, 5) is 13.4. The Morgan fingerprint density at radius 1 is 1.21 bits per heavy atom. The zero-order chi connectivity index (χ0) is 10.2. The van der Waals surface area contributed by atoms with E-state index in [9.17, 15) is 4.79 Å². The minimum absolute atomic E-state index is 0.0146. The van der Waals surface area contributed by atoms with Crippen molar-refractivity contribution in [2.45, 2.75) is 45.4 Å². The molecule has 0 aromatic carbocycles. The van der Waals surface area contributed by atoms with Crippen LogP contribution >= 0.6 is 0 Å². The normalized spacial score (nSPS) is 16.8. The lowest BCUT2D eigenvalue weighted by Gasteiger charge is -2.25. The van der Waals surface area contributed by atoms with E-state index in [0.717, 1.165) is 32.4 Å². The highest BCUT2D eigenvalue weighted by Gasteiger charge is 2.16. The summed E-state index contributed by atoms with van der Waals surface area (Å²) in [6.07, 6.45) is 6.98. The summed E-state index contributed by atoms with van der Waals surface area (Å²) in [6, 6.07) is 0.0146. The van der Waals surface area contributed by atoms with Crippen LogP contribution in [-0.4, -0.2) is 30.6 Å². The molecule has 1 aliphatic rings. The Kier molecular flexibility index (Phi) is 5.42. The maximum absolute atomic E-state index is 11.5. The topological polar surface area (TPSA) is 34.4 Å². The molecule has 0 bridgehead atoms. The second-order valence-corrected chi connectivity index (χ2v) is 3.92. The predicted octanol–water partition coefficient (Wildman–Crippen LogP) is 2.39. The zero-order valence-electron chi connectivity index (χ0n) is 9.17. The molecule has 1 fully saturated rings. The van der Waals surface area contributed by atoms with Gasteiger partial charge >= 0.3 is 6.03 Å². The van der Waals surface area contributed by atoms with Crippen LogP contribution in [0.4, 0.5) is 4.79 Å². The summed E-state index contributed by atoms with van der Waals surface area (Å²) in [5.74, 6) is 0. The second kappa shape index (κ2) is 6.68. The number of carbonyl (C=O) groups is 1. The lowest BCUT2D eigenvalue weighted by Crippen LogP contribution is -2.39. The monoisotopic (exact) mass is 197 g/mol. The average Bonchev–Trinajstić information content (AvgIpc) is 2.25. The molecule has 0 saturated carbocycles. The summed E-state index contributed by atoms with van der Waals surface area (Å²) >= 11 is 0. The van der Waals surface area contributed by atoms with Crippen molar-refractivity contribution in [1.29, 1.82) is 0 Å². The molecule has 3 heteroatoms. The van der Waals surface area contributed by atoms with E-state index in [-0.39, 0.29) is 6.03 Å². The summed E-state index contributed by atoms with van der Waals surface area (Å²) in [6.45, 7) is 4.70. The summed E-state index contributed by atoms with van der Waals surface area (Å²) in [7, 11) is 0. The van der Waals surface area contributed by atoms with Crippen molar-refractivity contribution in [3.05, 3.63) is 0 Å². The lowest BCUT2D eigenvalue weighted by atomic mass is 10.1. The van der Waals surface area contributed by atoms with E-state index < -0.39 is 0 Å². The van der Waals surface area contributed by atoms with Gasteiger partial charge in [-0.05, 0) is 25.7 Å². The third-order valence-corrected chi connectivity index (χ3v) is 2.64. The van der Waals surface area contributed by atoms with Crippen LogP contribution in [0.5, 0.6) is 0 Å². The Labute approximate surface area is 86.9 Å². The average molecular weight is 197 g/mol. The second-order valence-electron chi connectivity index (χ2n) is 3.92. The summed E-state index contributed by atoms with van der Waals surface area (Å²) < 4.78 is 0. The number of hydrogen-bond acceptors (Lipinski definition) is 1. The van der Waals surface area contributed by atoms with Crippen LogP contribution in [0.3, 0.4) is 0 Å². The van der Waals surface area contributed by atoms with Crippen molar-refractivity contribution in [3.8, 4) is 0 Å². The van der Waals surface area contributed by atoms with Gasteiger partial charge in [-0.3, -0.25) is 0 Å². The predicted molar refractivity (Wildman–Crippen MR) is 57.3 cm³/mol. The highest BCUT2D eigenvalue weighted by Crippen LogP contribution is 2.08. The maximum atomic E-state index is 11.5. The third-order valence-electron chi connectivity index (χ3n) is 2.64. The lowest BCUT2D eigenvalue weighted by molar-refractivity contribution is 0.185. The number of hydrogen-bond donors (Lipinski definition) is 0. The fourth-order valence-corrected chi connectivity index (χ4v) is 1.72. The number of carbonyl (C=O) groups excluding carboxylic acids is 1. The van der Waals surface area contributed by atoms with Crippen LogP contribution in [0.1, 0.15) is 45.4 Å². The van der Waals surface area contributed by atoms with Crippen LogP contribution in [0, 0.1) is 0 Å². The standard InChI is InChI=1S/C11H21N2O/c1-2-3-5-8-12-11(14)13-9-6-4-7-10-13/h2-10H2,1H3. The Hall–Kier alpha value is -0.730. The molecule has 0 unspecified atom stereocenters. The number of likely N-dealkylation sites (tertiary alicyclic amines) is 1. The molecule has 2 amide bonds. The van der Waals surface area contributed by atoms with E-state index in [1.807, 2.05) is 4.90 Å². The van der Waals surface area contributed by atoms with Crippen molar-refractivity contribution in [2.24, 2.45) is 0 Å². The van der Waals surface area contributed by atoms with Crippen molar-refractivity contribution < 1.29 is 4.79 Å². The molecular weight excluding hydrogens is 176 g/mol. The van der Waals surface area contributed by atoms with Gasteiger partial charge in [0.2, 0.25) is 0 Å². The molecule has 0 aliphatic carbocycles. The highest BCUT2D eigenvalue weighted by molar-refractivity contribution is 5.73. The van der Waals surface area contributed by atoms with E-state index in [4.69, 9.17) is 0 Å². The van der Waals surface area contributed by atoms with Crippen LogP contribution < -0.4 is 5.32 Å². The maximum Gasteiger partial charge on any atom is 0.338 e. The molecular formula is C11H21N2O. The van der Waals surface area contributed by atoms with Gasteiger partial charge < -0.3 is 4.90 Å². The molecule has 1 heterocycles.